The normalized spacial score (nSPS) is 13.4. The Morgan fingerprint density at radius 2 is 2.29 bits per heavy atom. The van der Waals surface area contributed by atoms with Crippen LogP contribution in [-0.2, 0) is 7.05 Å². The zero-order valence-corrected chi connectivity index (χ0v) is 12.7. The summed E-state index contributed by atoms with van der Waals surface area (Å²) in [6.45, 7) is 5.38. The number of hydrogen-bond acceptors (Lipinski definition) is 5. The predicted octanol–water partition coefficient (Wildman–Crippen LogP) is 0.478. The monoisotopic (exact) mass is 290 g/mol. The number of nitrogens with zero attached hydrogens (tertiary/aromatic N) is 5. The third kappa shape index (κ3) is 3.80. The van der Waals surface area contributed by atoms with Crippen LogP contribution in [0.25, 0.3) is 11.0 Å². The Balaban J connectivity index is 1.89. The van der Waals surface area contributed by atoms with Gasteiger partial charge in [-0.05, 0) is 13.3 Å². The molecule has 0 saturated heterocycles. The number of guanidine groups is 1. The molecule has 21 heavy (non-hydrogen) atoms. The van der Waals surface area contributed by atoms with Crippen LogP contribution in [0.2, 0.25) is 0 Å². The number of hydrogen-bond donors (Lipinski definition) is 3. The number of rotatable bonds is 6. The number of nitrogens with two attached hydrogens (primary N) is 1. The number of aromatic nitrogens is 4. The molecule has 1 atom stereocenters. The Kier molecular flexibility index (Phi) is 4.91. The third-order valence-electron chi connectivity index (χ3n) is 3.22. The molecule has 0 amide bonds. The van der Waals surface area contributed by atoms with Gasteiger partial charge in [0.2, 0.25) is 0 Å². The topological polar surface area (TPSA) is 106 Å². The Morgan fingerprint density at radius 3 is 3.05 bits per heavy atom. The lowest BCUT2D eigenvalue weighted by Crippen LogP contribution is -2.38. The van der Waals surface area contributed by atoms with Gasteiger partial charge < -0.3 is 16.4 Å². The maximum absolute atomic E-state index is 5.80. The molecule has 2 aromatic rings. The summed E-state index contributed by atoms with van der Waals surface area (Å²) in [6.07, 6.45) is 4.28. The van der Waals surface area contributed by atoms with Gasteiger partial charge >= 0.3 is 0 Å². The lowest BCUT2D eigenvalue weighted by atomic mass is 10.3. The highest BCUT2D eigenvalue weighted by Gasteiger charge is 2.06. The van der Waals surface area contributed by atoms with Crippen molar-refractivity contribution in [2.24, 2.45) is 17.8 Å². The summed E-state index contributed by atoms with van der Waals surface area (Å²) in [5.41, 5.74) is 6.60. The molecule has 4 N–H and O–H groups in total. The summed E-state index contributed by atoms with van der Waals surface area (Å²) in [6, 6.07) is 0.332. The second kappa shape index (κ2) is 6.87. The summed E-state index contributed by atoms with van der Waals surface area (Å²) in [5, 5.41) is 11.4. The molecule has 0 aromatic carbocycles. The molecule has 2 heterocycles. The quantitative estimate of drug-likeness (QED) is 0.406. The van der Waals surface area contributed by atoms with E-state index < -0.39 is 0 Å². The van der Waals surface area contributed by atoms with E-state index in [1.54, 1.807) is 10.9 Å². The molecule has 2 aromatic heterocycles. The van der Waals surface area contributed by atoms with Gasteiger partial charge in [-0.3, -0.25) is 9.67 Å². The van der Waals surface area contributed by atoms with E-state index in [2.05, 4.69) is 44.5 Å². The highest BCUT2D eigenvalue weighted by atomic mass is 15.3. The first-order chi connectivity index (χ1) is 10.1. The molecule has 0 spiro atoms. The van der Waals surface area contributed by atoms with E-state index in [9.17, 15) is 0 Å². The van der Waals surface area contributed by atoms with Crippen LogP contribution < -0.4 is 16.4 Å². The SMILES string of the molecule is CCC(C)NC(N)=NCCNc1ncnc2c1cnn2C. The third-order valence-corrected chi connectivity index (χ3v) is 3.22. The van der Waals surface area contributed by atoms with E-state index >= 15 is 0 Å². The Bertz CT molecular complexity index is 618. The molecule has 8 heteroatoms. The maximum Gasteiger partial charge on any atom is 0.188 e. The lowest BCUT2D eigenvalue weighted by Gasteiger charge is -2.11. The second-order valence-corrected chi connectivity index (χ2v) is 4.88. The molecule has 0 bridgehead atoms. The minimum atomic E-state index is 0.332. The van der Waals surface area contributed by atoms with Crippen molar-refractivity contribution in [1.82, 2.24) is 25.1 Å². The fourth-order valence-corrected chi connectivity index (χ4v) is 1.85. The number of aliphatic imine (C=N–C) groups is 1. The van der Waals surface area contributed by atoms with Gasteiger partial charge in [-0.25, -0.2) is 9.97 Å². The van der Waals surface area contributed by atoms with Crippen LogP contribution >= 0.6 is 0 Å². The van der Waals surface area contributed by atoms with E-state index in [-0.39, 0.29) is 0 Å². The van der Waals surface area contributed by atoms with Crippen LogP contribution in [0.1, 0.15) is 20.3 Å². The first-order valence-electron chi connectivity index (χ1n) is 7.04. The number of nitrogens with one attached hydrogen (secondary N) is 2. The average Bonchev–Trinajstić information content (AvgIpc) is 2.86. The van der Waals surface area contributed by atoms with E-state index in [0.717, 1.165) is 23.3 Å². The first-order valence-corrected chi connectivity index (χ1v) is 7.04. The highest BCUT2D eigenvalue weighted by Crippen LogP contribution is 2.17. The molecule has 0 aliphatic carbocycles. The van der Waals surface area contributed by atoms with E-state index in [4.69, 9.17) is 5.73 Å². The standard InChI is InChI=1S/C13H22N8/c1-4-9(2)20-13(14)16-6-5-15-11-10-7-19-21(3)12(10)18-8-17-11/h7-9H,4-6H2,1-3H3,(H3,14,16,20)(H,15,17,18). The fraction of sp³-hybridized carbons (Fsp3) is 0.538. The van der Waals surface area contributed by atoms with E-state index in [1.165, 1.54) is 6.33 Å². The second-order valence-electron chi connectivity index (χ2n) is 4.88. The minimum Gasteiger partial charge on any atom is -0.370 e. The number of aryl methyl sites for hydroxylation is 1. The Hall–Kier alpha value is -2.38. The van der Waals surface area contributed by atoms with E-state index in [1.807, 2.05) is 7.05 Å². The highest BCUT2D eigenvalue weighted by molar-refractivity contribution is 5.86. The van der Waals surface area contributed by atoms with Gasteiger partial charge in [-0.15, -0.1) is 0 Å². The van der Waals surface area contributed by atoms with Crippen molar-refractivity contribution >= 4 is 22.8 Å². The Morgan fingerprint density at radius 1 is 1.48 bits per heavy atom. The smallest absolute Gasteiger partial charge is 0.188 e. The van der Waals surface area contributed by atoms with Crippen LogP contribution in [-0.4, -0.2) is 44.8 Å². The lowest BCUT2D eigenvalue weighted by molar-refractivity contribution is 0.637. The summed E-state index contributed by atoms with van der Waals surface area (Å²) < 4.78 is 1.72. The van der Waals surface area contributed by atoms with Gasteiger partial charge in [0.1, 0.15) is 12.1 Å². The molecule has 0 aliphatic heterocycles. The van der Waals surface area contributed by atoms with Crippen LogP contribution in [0.3, 0.4) is 0 Å². The summed E-state index contributed by atoms with van der Waals surface area (Å²) in [5.74, 6) is 1.23. The summed E-state index contributed by atoms with van der Waals surface area (Å²) >= 11 is 0. The van der Waals surface area contributed by atoms with Crippen molar-refractivity contribution in [2.75, 3.05) is 18.4 Å². The number of fused-ring (bicyclic) bond motifs is 1. The largest absolute Gasteiger partial charge is 0.370 e. The summed E-state index contributed by atoms with van der Waals surface area (Å²) in [4.78, 5) is 12.7. The first kappa shape index (κ1) is 15.0. The minimum absolute atomic E-state index is 0.332. The van der Waals surface area contributed by atoms with Crippen molar-refractivity contribution in [1.29, 1.82) is 0 Å². The molecular weight excluding hydrogens is 268 g/mol. The van der Waals surface area contributed by atoms with Crippen molar-refractivity contribution in [2.45, 2.75) is 26.3 Å². The summed E-state index contributed by atoms with van der Waals surface area (Å²) in [7, 11) is 1.85. The molecule has 0 saturated carbocycles. The average molecular weight is 290 g/mol. The van der Waals surface area contributed by atoms with Crippen molar-refractivity contribution in [3.63, 3.8) is 0 Å². The van der Waals surface area contributed by atoms with Crippen LogP contribution in [0, 0.1) is 0 Å². The zero-order chi connectivity index (χ0) is 15.2. The van der Waals surface area contributed by atoms with Crippen molar-refractivity contribution < 1.29 is 0 Å². The zero-order valence-electron chi connectivity index (χ0n) is 12.7. The van der Waals surface area contributed by atoms with Crippen molar-refractivity contribution in [3.05, 3.63) is 12.5 Å². The van der Waals surface area contributed by atoms with E-state index in [0.29, 0.717) is 25.1 Å². The fourth-order valence-electron chi connectivity index (χ4n) is 1.85. The molecule has 8 nitrogen and oxygen atoms in total. The Labute approximate surface area is 123 Å². The molecule has 0 radical (unpaired) electrons. The van der Waals surface area contributed by atoms with Gasteiger partial charge in [0.05, 0.1) is 18.1 Å². The van der Waals surface area contributed by atoms with Gasteiger partial charge in [0, 0.05) is 19.6 Å². The molecule has 1 unspecified atom stereocenters. The van der Waals surface area contributed by atoms with Gasteiger partial charge in [0.15, 0.2) is 11.6 Å². The van der Waals surface area contributed by atoms with Gasteiger partial charge in [0.25, 0.3) is 0 Å². The van der Waals surface area contributed by atoms with Crippen LogP contribution in [0.5, 0.6) is 0 Å². The van der Waals surface area contributed by atoms with Gasteiger partial charge in [-0.2, -0.15) is 5.10 Å². The van der Waals surface area contributed by atoms with Crippen LogP contribution in [0.15, 0.2) is 17.5 Å². The molecule has 0 aliphatic rings. The van der Waals surface area contributed by atoms with Crippen molar-refractivity contribution in [3.8, 4) is 0 Å². The molecule has 2 rings (SSSR count). The molecular formula is C13H22N8. The van der Waals surface area contributed by atoms with Gasteiger partial charge in [-0.1, -0.05) is 6.92 Å². The van der Waals surface area contributed by atoms with Crippen LogP contribution in [0.4, 0.5) is 5.82 Å². The molecule has 0 fully saturated rings. The maximum atomic E-state index is 5.80. The number of anilines is 1. The molecule has 114 valence electrons. The predicted molar refractivity (Wildman–Crippen MR) is 84.2 cm³/mol.